The molecule has 1 N–H and O–H groups in total. The highest BCUT2D eigenvalue weighted by molar-refractivity contribution is 9.10. The lowest BCUT2D eigenvalue weighted by atomic mass is 9.95. The fourth-order valence-electron chi connectivity index (χ4n) is 1.55. The molecule has 0 aliphatic heterocycles. The minimum absolute atomic E-state index is 0.127. The molecule has 100 valence electrons. The normalized spacial score (nSPS) is 14.1. The van der Waals surface area contributed by atoms with Gasteiger partial charge in [-0.1, -0.05) is 50.4 Å². The van der Waals surface area contributed by atoms with Crippen molar-refractivity contribution in [2.24, 2.45) is 0 Å². The van der Waals surface area contributed by atoms with Gasteiger partial charge in [0.25, 0.3) is 5.91 Å². The van der Waals surface area contributed by atoms with Gasteiger partial charge in [-0.15, -0.1) is 0 Å². The highest BCUT2D eigenvalue weighted by Crippen LogP contribution is 2.23. The summed E-state index contributed by atoms with van der Waals surface area (Å²) in [4.78, 5) is 12.2. The molecule has 1 unspecified atom stereocenters. The minimum atomic E-state index is -0.211. The molecule has 1 rings (SSSR count). The minimum Gasteiger partial charge on any atom is -0.347 e. The Bertz CT molecular complexity index is 439. The van der Waals surface area contributed by atoms with Crippen molar-refractivity contribution in [2.45, 2.75) is 32.2 Å². The van der Waals surface area contributed by atoms with Gasteiger partial charge in [0.15, 0.2) is 0 Å². The smallest absolute Gasteiger partial charge is 0.253 e. The molecule has 2 nitrogen and oxygen atoms in total. The zero-order valence-corrected chi connectivity index (χ0v) is 14.3. The third kappa shape index (κ3) is 4.25. The second-order valence-corrected chi connectivity index (χ2v) is 6.55. The second-order valence-electron chi connectivity index (χ2n) is 4.43. The molecule has 0 fully saturated rings. The monoisotopic (exact) mass is 395 g/mol. The number of benzene rings is 1. The van der Waals surface area contributed by atoms with Crippen molar-refractivity contribution >= 4 is 49.4 Å². The van der Waals surface area contributed by atoms with Crippen LogP contribution in [0.5, 0.6) is 0 Å². The van der Waals surface area contributed by atoms with Crippen molar-refractivity contribution in [3.8, 4) is 0 Å². The molecule has 18 heavy (non-hydrogen) atoms. The number of hydrogen-bond acceptors (Lipinski definition) is 1. The lowest BCUT2D eigenvalue weighted by molar-refractivity contribution is 0.0902. The predicted molar refractivity (Wildman–Crippen MR) is 83.7 cm³/mol. The van der Waals surface area contributed by atoms with Crippen LogP contribution in [0.2, 0.25) is 5.02 Å². The third-order valence-electron chi connectivity index (χ3n) is 3.02. The van der Waals surface area contributed by atoms with Crippen LogP contribution in [0.4, 0.5) is 0 Å². The van der Waals surface area contributed by atoms with Gasteiger partial charge in [-0.25, -0.2) is 0 Å². The summed E-state index contributed by atoms with van der Waals surface area (Å²) in [5.74, 6) is -0.127. The lowest BCUT2D eigenvalue weighted by Crippen LogP contribution is -2.45. The molecule has 1 aromatic carbocycles. The molecule has 0 aliphatic rings. The van der Waals surface area contributed by atoms with E-state index in [9.17, 15) is 4.79 Å². The molecule has 0 radical (unpaired) electrons. The molecular weight excluding hydrogens is 381 g/mol. The molecule has 0 saturated heterocycles. The summed E-state index contributed by atoms with van der Waals surface area (Å²) < 4.78 is 0.864. The predicted octanol–water partition coefficient (Wildman–Crippen LogP) is 4.79. The Balaban J connectivity index is 2.87. The van der Waals surface area contributed by atoms with Crippen molar-refractivity contribution < 1.29 is 4.79 Å². The molecule has 0 aromatic heterocycles. The molecule has 1 atom stereocenters. The molecule has 1 aromatic rings. The van der Waals surface area contributed by atoms with Gasteiger partial charge in [-0.3, -0.25) is 4.79 Å². The Hall–Kier alpha value is -0.0600. The summed E-state index contributed by atoms with van der Waals surface area (Å²) in [5.41, 5.74) is 0.297. The van der Waals surface area contributed by atoms with Gasteiger partial charge in [-0.05, 0) is 38.0 Å². The van der Waals surface area contributed by atoms with E-state index >= 15 is 0 Å². The van der Waals surface area contributed by atoms with Gasteiger partial charge < -0.3 is 5.32 Å². The van der Waals surface area contributed by atoms with Crippen LogP contribution in [-0.2, 0) is 0 Å². The van der Waals surface area contributed by atoms with Crippen LogP contribution in [-0.4, -0.2) is 16.8 Å². The SMILES string of the molecule is CCC(C)(CCBr)NC(=O)c1ccc(Br)cc1Cl. The lowest BCUT2D eigenvalue weighted by Gasteiger charge is -2.29. The molecule has 0 spiro atoms. The van der Waals surface area contributed by atoms with E-state index in [4.69, 9.17) is 11.6 Å². The van der Waals surface area contributed by atoms with Crippen molar-refractivity contribution in [3.63, 3.8) is 0 Å². The maximum atomic E-state index is 12.2. The summed E-state index contributed by atoms with van der Waals surface area (Å²) in [6, 6.07) is 5.27. The van der Waals surface area contributed by atoms with E-state index in [0.717, 1.165) is 22.6 Å². The maximum absolute atomic E-state index is 12.2. The van der Waals surface area contributed by atoms with Crippen LogP contribution in [0, 0.1) is 0 Å². The first-order chi connectivity index (χ1) is 8.41. The van der Waals surface area contributed by atoms with Crippen LogP contribution in [0.1, 0.15) is 37.0 Å². The van der Waals surface area contributed by atoms with Crippen molar-refractivity contribution in [3.05, 3.63) is 33.3 Å². The van der Waals surface area contributed by atoms with Gasteiger partial charge in [0, 0.05) is 15.3 Å². The standard InChI is InChI=1S/C13H16Br2ClNO/c1-3-13(2,6-7-14)17-12(18)10-5-4-9(15)8-11(10)16/h4-5,8H,3,6-7H2,1-2H3,(H,17,18). The second kappa shape index (κ2) is 6.92. The number of nitrogens with one attached hydrogen (secondary N) is 1. The van der Waals surface area contributed by atoms with E-state index in [2.05, 4.69) is 44.1 Å². The molecule has 0 heterocycles. The first-order valence-electron chi connectivity index (χ1n) is 5.75. The zero-order valence-electron chi connectivity index (χ0n) is 10.4. The summed E-state index contributed by atoms with van der Waals surface area (Å²) in [6.45, 7) is 4.10. The van der Waals surface area contributed by atoms with Gasteiger partial charge in [0.1, 0.15) is 0 Å². The Morgan fingerprint density at radius 1 is 1.50 bits per heavy atom. The van der Waals surface area contributed by atoms with Gasteiger partial charge in [0.2, 0.25) is 0 Å². The van der Waals surface area contributed by atoms with E-state index in [0.29, 0.717) is 10.6 Å². The van der Waals surface area contributed by atoms with Gasteiger partial charge in [-0.2, -0.15) is 0 Å². The van der Waals surface area contributed by atoms with Crippen LogP contribution >= 0.6 is 43.5 Å². The van der Waals surface area contributed by atoms with E-state index in [1.807, 2.05) is 13.0 Å². The van der Waals surface area contributed by atoms with Crippen LogP contribution < -0.4 is 5.32 Å². The summed E-state index contributed by atoms with van der Waals surface area (Å²) in [6.07, 6.45) is 1.75. The molecule has 0 aliphatic carbocycles. The topological polar surface area (TPSA) is 29.1 Å². The fourth-order valence-corrected chi connectivity index (χ4v) is 3.19. The van der Waals surface area contributed by atoms with Crippen molar-refractivity contribution in [1.29, 1.82) is 0 Å². The summed E-state index contributed by atoms with van der Waals surface area (Å²) in [7, 11) is 0. The third-order valence-corrected chi connectivity index (χ3v) is 4.22. The number of halogens is 3. The summed E-state index contributed by atoms with van der Waals surface area (Å²) >= 11 is 12.8. The van der Waals surface area contributed by atoms with Gasteiger partial charge in [0.05, 0.1) is 10.6 Å². The largest absolute Gasteiger partial charge is 0.347 e. The number of carbonyl (C=O) groups excluding carboxylic acids is 1. The average molecular weight is 398 g/mol. The average Bonchev–Trinajstić information content (AvgIpc) is 2.28. The first kappa shape index (κ1) is 16.0. The molecular formula is C13H16Br2ClNO. The van der Waals surface area contributed by atoms with Crippen LogP contribution in [0.3, 0.4) is 0 Å². The van der Waals surface area contributed by atoms with Crippen LogP contribution in [0.15, 0.2) is 22.7 Å². The van der Waals surface area contributed by atoms with Crippen molar-refractivity contribution in [2.75, 3.05) is 5.33 Å². The Morgan fingerprint density at radius 2 is 2.17 bits per heavy atom. The first-order valence-corrected chi connectivity index (χ1v) is 8.04. The number of alkyl halides is 1. The number of amides is 1. The number of rotatable bonds is 5. The Labute approximate surface area is 130 Å². The molecule has 5 heteroatoms. The molecule has 0 saturated carbocycles. The van der Waals surface area contributed by atoms with Crippen molar-refractivity contribution in [1.82, 2.24) is 5.32 Å². The Kier molecular flexibility index (Phi) is 6.15. The number of hydrogen-bond donors (Lipinski definition) is 1. The summed E-state index contributed by atoms with van der Waals surface area (Å²) in [5, 5.41) is 4.36. The number of carbonyl (C=O) groups is 1. The van der Waals surface area contributed by atoms with E-state index < -0.39 is 0 Å². The zero-order chi connectivity index (χ0) is 13.8. The quantitative estimate of drug-likeness (QED) is 0.712. The Morgan fingerprint density at radius 3 is 2.67 bits per heavy atom. The highest BCUT2D eigenvalue weighted by atomic mass is 79.9. The fraction of sp³-hybridized carbons (Fsp3) is 0.462. The molecule has 0 bridgehead atoms. The molecule has 1 amide bonds. The van der Waals surface area contributed by atoms with Gasteiger partial charge >= 0.3 is 0 Å². The van der Waals surface area contributed by atoms with Crippen LogP contribution in [0.25, 0.3) is 0 Å². The maximum Gasteiger partial charge on any atom is 0.253 e. The highest BCUT2D eigenvalue weighted by Gasteiger charge is 2.24. The van der Waals surface area contributed by atoms with E-state index in [1.165, 1.54) is 0 Å². The van der Waals surface area contributed by atoms with E-state index in [-0.39, 0.29) is 11.4 Å². The van der Waals surface area contributed by atoms with E-state index in [1.54, 1.807) is 12.1 Å².